The van der Waals surface area contributed by atoms with Gasteiger partial charge in [0.15, 0.2) is 11.5 Å². The first-order valence-electron chi connectivity index (χ1n) is 16.9. The number of hydrogen-bond donors (Lipinski definition) is 3. The topological polar surface area (TPSA) is 175 Å². The van der Waals surface area contributed by atoms with Crippen molar-refractivity contribution >= 4 is 18.0 Å². The van der Waals surface area contributed by atoms with Gasteiger partial charge in [0.1, 0.15) is 6.61 Å². The van der Waals surface area contributed by atoms with Crippen molar-refractivity contribution in [3.05, 3.63) is 88.0 Å². The monoisotopic (exact) mass is 683 g/mol. The van der Waals surface area contributed by atoms with Gasteiger partial charge < -0.3 is 34.4 Å². The quantitative estimate of drug-likeness (QED) is 0.0362. The number of aliphatic hydroxyl groups is 3. The van der Waals surface area contributed by atoms with Gasteiger partial charge in [-0.05, 0) is 99.0 Å². The molecule has 1 aliphatic rings. The minimum absolute atomic E-state index is 0.00477. The van der Waals surface area contributed by atoms with Crippen LogP contribution < -0.4 is 9.47 Å². The van der Waals surface area contributed by atoms with Crippen LogP contribution in [0.3, 0.4) is 0 Å². The van der Waals surface area contributed by atoms with E-state index in [1.165, 1.54) is 12.7 Å². The number of aryl methyl sites for hydroxylation is 1. The summed E-state index contributed by atoms with van der Waals surface area (Å²) in [5, 5.41) is 40.9. The molecule has 268 valence electrons. The molecule has 2 aromatic carbocycles. The molecule has 1 saturated carbocycles. The highest BCUT2D eigenvalue weighted by Gasteiger charge is 2.40. The third-order valence-electron chi connectivity index (χ3n) is 8.57. The number of nitrogens with zero attached hydrogens (tertiary/aromatic N) is 1. The van der Waals surface area contributed by atoms with Crippen LogP contribution in [0.5, 0.6) is 11.5 Å². The van der Waals surface area contributed by atoms with Gasteiger partial charge in [-0.3, -0.25) is 9.59 Å². The van der Waals surface area contributed by atoms with E-state index in [9.17, 15) is 35.0 Å². The average Bonchev–Trinajstić information content (AvgIpc) is 3.36. The van der Waals surface area contributed by atoms with Crippen molar-refractivity contribution in [2.45, 2.75) is 88.9 Å². The molecule has 5 atom stereocenters. The number of hydrogen-bond acceptors (Lipinski definition) is 11. The maximum Gasteiger partial charge on any atom is 0.311 e. The average molecular weight is 684 g/mol. The van der Waals surface area contributed by atoms with Gasteiger partial charge in [0, 0.05) is 12.8 Å². The van der Waals surface area contributed by atoms with E-state index in [1.807, 2.05) is 42.5 Å². The lowest BCUT2D eigenvalue weighted by Crippen LogP contribution is -2.23. The number of carbonyl (C=O) groups is 2. The fraction of sp³-hybridized carbons (Fsp3) is 0.514. The summed E-state index contributed by atoms with van der Waals surface area (Å²) < 4.78 is 15.9. The van der Waals surface area contributed by atoms with Gasteiger partial charge in [-0.15, -0.1) is 10.1 Å². The van der Waals surface area contributed by atoms with E-state index < -0.39 is 35.3 Å². The highest BCUT2D eigenvalue weighted by Crippen LogP contribution is 2.38. The van der Waals surface area contributed by atoms with Crippen molar-refractivity contribution in [2.75, 3.05) is 20.3 Å². The molecular weight excluding hydrogens is 634 g/mol. The Morgan fingerprint density at radius 1 is 0.959 bits per heavy atom. The van der Waals surface area contributed by atoms with Crippen LogP contribution in [0.1, 0.15) is 75.3 Å². The zero-order chi connectivity index (χ0) is 35.4. The molecular formula is C37H49NO11. The number of carbonyl (C=O) groups excluding carboxylic acids is 2. The van der Waals surface area contributed by atoms with Crippen LogP contribution >= 0.6 is 0 Å². The van der Waals surface area contributed by atoms with Gasteiger partial charge in [0.25, 0.3) is 5.09 Å². The summed E-state index contributed by atoms with van der Waals surface area (Å²) in [7, 11) is 1.47. The zero-order valence-electron chi connectivity index (χ0n) is 28.1. The smallest absolute Gasteiger partial charge is 0.311 e. The largest absolute Gasteiger partial charge is 0.493 e. The van der Waals surface area contributed by atoms with Crippen LogP contribution in [0.25, 0.3) is 6.08 Å². The molecule has 1 aliphatic carbocycles. The number of unbranched alkanes of at least 4 members (excludes halogenated alkanes) is 1. The van der Waals surface area contributed by atoms with Gasteiger partial charge in [0.05, 0.1) is 32.0 Å². The fourth-order valence-electron chi connectivity index (χ4n) is 5.95. The normalized spacial score (nSPS) is 19.6. The molecule has 0 unspecified atom stereocenters. The molecule has 0 saturated heterocycles. The summed E-state index contributed by atoms with van der Waals surface area (Å²) in [4.78, 5) is 38.4. The van der Waals surface area contributed by atoms with E-state index in [0.717, 1.165) is 12.0 Å². The Labute approximate surface area is 287 Å². The molecule has 0 amide bonds. The molecule has 0 spiro atoms. The summed E-state index contributed by atoms with van der Waals surface area (Å²) in [5.41, 5.74) is 1.92. The lowest BCUT2D eigenvalue weighted by atomic mass is 9.85. The summed E-state index contributed by atoms with van der Waals surface area (Å²) in [5.74, 6) is -0.386. The van der Waals surface area contributed by atoms with Crippen molar-refractivity contribution < 1.29 is 49.0 Å². The van der Waals surface area contributed by atoms with Gasteiger partial charge in [-0.25, -0.2) is 0 Å². The number of benzene rings is 2. The molecule has 3 rings (SSSR count). The standard InChI is InChI=1S/C37H49NO11/c1-46-35-25-28(13-9-23-47-36(42)16-10-24-48-38(44)45)18-22-34(35)49-37(43)15-8-3-2-7-14-30-31(33(41)26-32(30)40)21-20-29(39)19-17-27-11-5-4-6-12-27/h2,4-7,9,11-13,18,22,25,29-33,39-41H,3,8,10,14-17,19-21,23-24,26H2,1H3/t29-,30+,31+,32-,33+/m0/s1. The van der Waals surface area contributed by atoms with Crippen molar-refractivity contribution in [3.63, 3.8) is 0 Å². The predicted octanol–water partition coefficient (Wildman–Crippen LogP) is 5.39. The zero-order valence-corrected chi connectivity index (χ0v) is 28.1. The highest BCUT2D eigenvalue weighted by atomic mass is 16.9. The maximum absolute atomic E-state index is 12.5. The SMILES string of the molecule is COc1cc(C=CCOC(=O)CCCO[N+](=O)[O-])ccc1OC(=O)CCCC=CC[C@@H]1[C@@H](CC[C@@H](O)CCc2ccccc2)[C@H](O)C[C@@H]1O. The Hall–Kier alpha value is -4.26. The van der Waals surface area contributed by atoms with Crippen LogP contribution in [0.4, 0.5) is 0 Å². The van der Waals surface area contributed by atoms with Gasteiger partial charge in [0.2, 0.25) is 0 Å². The first-order chi connectivity index (χ1) is 23.7. The van der Waals surface area contributed by atoms with Crippen LogP contribution in [0.15, 0.2) is 66.8 Å². The lowest BCUT2D eigenvalue weighted by molar-refractivity contribution is -0.757. The molecule has 49 heavy (non-hydrogen) atoms. The number of rotatable bonds is 22. The van der Waals surface area contributed by atoms with Gasteiger partial charge in [-0.2, -0.15) is 0 Å². The molecule has 0 heterocycles. The van der Waals surface area contributed by atoms with E-state index in [2.05, 4.69) is 4.84 Å². The van der Waals surface area contributed by atoms with Gasteiger partial charge in [-0.1, -0.05) is 54.6 Å². The Bertz CT molecular complexity index is 1360. The first kappa shape index (κ1) is 39.2. The molecule has 12 heteroatoms. The Balaban J connectivity index is 1.34. The highest BCUT2D eigenvalue weighted by molar-refractivity contribution is 5.73. The first-order valence-corrected chi connectivity index (χ1v) is 16.9. The van der Waals surface area contributed by atoms with Crippen LogP contribution in [-0.4, -0.2) is 71.0 Å². The number of esters is 2. The number of methoxy groups -OCH3 is 1. The molecule has 0 bridgehead atoms. The molecule has 3 N–H and O–H groups in total. The predicted molar refractivity (Wildman–Crippen MR) is 182 cm³/mol. The molecule has 0 aromatic heterocycles. The third-order valence-corrected chi connectivity index (χ3v) is 8.57. The van der Waals surface area contributed by atoms with Crippen molar-refractivity contribution in [2.24, 2.45) is 11.8 Å². The summed E-state index contributed by atoms with van der Waals surface area (Å²) in [6.45, 7) is -0.152. The van der Waals surface area contributed by atoms with E-state index >= 15 is 0 Å². The van der Waals surface area contributed by atoms with Crippen LogP contribution in [0, 0.1) is 22.0 Å². The van der Waals surface area contributed by atoms with Crippen LogP contribution in [0.2, 0.25) is 0 Å². The second kappa shape index (κ2) is 21.7. The van der Waals surface area contributed by atoms with Crippen LogP contribution in [-0.2, 0) is 25.6 Å². The minimum atomic E-state index is -0.910. The number of ether oxygens (including phenoxy) is 3. The Morgan fingerprint density at radius 2 is 1.71 bits per heavy atom. The molecule has 1 fully saturated rings. The van der Waals surface area contributed by atoms with Gasteiger partial charge >= 0.3 is 11.9 Å². The van der Waals surface area contributed by atoms with Crippen molar-refractivity contribution in [3.8, 4) is 11.5 Å². The second-order valence-electron chi connectivity index (χ2n) is 12.2. The summed E-state index contributed by atoms with van der Waals surface area (Å²) >= 11 is 0. The fourth-order valence-corrected chi connectivity index (χ4v) is 5.95. The lowest BCUT2D eigenvalue weighted by Gasteiger charge is -2.23. The second-order valence-corrected chi connectivity index (χ2v) is 12.2. The number of aliphatic hydroxyl groups excluding tert-OH is 3. The van der Waals surface area contributed by atoms with Crippen molar-refractivity contribution in [1.29, 1.82) is 0 Å². The van der Waals surface area contributed by atoms with E-state index in [0.29, 0.717) is 50.7 Å². The van der Waals surface area contributed by atoms with E-state index in [-0.39, 0.29) is 50.1 Å². The summed E-state index contributed by atoms with van der Waals surface area (Å²) in [6.07, 6.45) is 11.0. The van der Waals surface area contributed by atoms with Crippen molar-refractivity contribution in [1.82, 2.24) is 0 Å². The maximum atomic E-state index is 12.5. The Morgan fingerprint density at radius 3 is 2.47 bits per heavy atom. The molecule has 0 aliphatic heterocycles. The molecule has 2 aromatic rings. The van der Waals surface area contributed by atoms with E-state index in [1.54, 1.807) is 30.4 Å². The third kappa shape index (κ3) is 14.8. The summed E-state index contributed by atoms with van der Waals surface area (Å²) in [6, 6.07) is 15.1. The number of allylic oxidation sites excluding steroid dienone is 2. The van der Waals surface area contributed by atoms with E-state index in [4.69, 9.17) is 14.2 Å². The molecule has 0 radical (unpaired) electrons. The minimum Gasteiger partial charge on any atom is -0.493 e. The molecule has 12 nitrogen and oxygen atoms in total. The Kier molecular flexibility index (Phi) is 17.3.